The van der Waals surface area contributed by atoms with E-state index < -0.39 is 22.5 Å². The number of piperidine rings is 1. The lowest BCUT2D eigenvalue weighted by molar-refractivity contribution is -0.114. The highest BCUT2D eigenvalue weighted by Gasteiger charge is 2.24. The van der Waals surface area contributed by atoms with E-state index in [9.17, 15) is 18.0 Å². The number of nitrogens with zero attached hydrogens (tertiary/aromatic N) is 2. The highest BCUT2D eigenvalue weighted by Crippen LogP contribution is 2.23. The van der Waals surface area contributed by atoms with E-state index in [-0.39, 0.29) is 5.91 Å². The minimum atomic E-state index is -3.71. The summed E-state index contributed by atoms with van der Waals surface area (Å²) in [5.41, 5.74) is 1.11. The second-order valence-electron chi connectivity index (χ2n) is 7.41. The summed E-state index contributed by atoms with van der Waals surface area (Å²) in [5, 5.41) is 2.71. The van der Waals surface area contributed by atoms with Crippen LogP contribution in [0.3, 0.4) is 0 Å². The van der Waals surface area contributed by atoms with Crippen molar-refractivity contribution in [1.82, 2.24) is 4.90 Å². The van der Waals surface area contributed by atoms with Gasteiger partial charge in [-0.25, -0.2) is 8.42 Å². The molecule has 0 atom stereocenters. The summed E-state index contributed by atoms with van der Waals surface area (Å²) in [6.07, 6.45) is 4.07. The number of methoxy groups -OCH3 is 1. The van der Waals surface area contributed by atoms with Crippen LogP contribution in [0.1, 0.15) is 29.6 Å². The first kappa shape index (κ1) is 22.6. The van der Waals surface area contributed by atoms with Crippen LogP contribution in [0.25, 0.3) is 0 Å². The first-order chi connectivity index (χ1) is 14.8. The van der Waals surface area contributed by atoms with Crippen molar-refractivity contribution in [2.45, 2.75) is 19.3 Å². The van der Waals surface area contributed by atoms with Gasteiger partial charge in [0.25, 0.3) is 5.91 Å². The first-order valence-corrected chi connectivity index (χ1v) is 11.9. The molecule has 0 unspecified atom stereocenters. The Morgan fingerprint density at radius 1 is 1.03 bits per heavy atom. The topological polar surface area (TPSA) is 96.0 Å². The van der Waals surface area contributed by atoms with Crippen LogP contribution in [0, 0.1) is 0 Å². The number of nitrogens with one attached hydrogen (secondary N) is 1. The third-order valence-corrected chi connectivity index (χ3v) is 6.26. The van der Waals surface area contributed by atoms with Crippen LogP contribution in [-0.2, 0) is 14.8 Å². The van der Waals surface area contributed by atoms with Gasteiger partial charge in [-0.1, -0.05) is 12.1 Å². The number of benzene rings is 2. The number of likely N-dealkylation sites (tertiary alicyclic amines) is 1. The van der Waals surface area contributed by atoms with Gasteiger partial charge in [-0.15, -0.1) is 0 Å². The van der Waals surface area contributed by atoms with Crippen LogP contribution >= 0.6 is 0 Å². The number of carbonyl (C=O) groups excluding carboxylic acids is 2. The third kappa shape index (κ3) is 5.75. The SMILES string of the molecule is COc1ccc(N(CC(=O)Nc2ccccc2C(=O)N2CCCCC2)S(C)(=O)=O)cc1. The second-order valence-corrected chi connectivity index (χ2v) is 9.32. The number of rotatable bonds is 7. The first-order valence-electron chi connectivity index (χ1n) is 10.1. The fourth-order valence-corrected chi connectivity index (χ4v) is 4.37. The summed E-state index contributed by atoms with van der Waals surface area (Å²) in [5.74, 6) is -0.0994. The number of anilines is 2. The fraction of sp³-hybridized carbons (Fsp3) is 0.364. The molecule has 9 heteroatoms. The number of carbonyl (C=O) groups is 2. The fourth-order valence-electron chi connectivity index (χ4n) is 3.51. The van der Waals surface area contributed by atoms with E-state index in [1.165, 1.54) is 7.11 Å². The molecule has 1 fully saturated rings. The van der Waals surface area contributed by atoms with E-state index in [1.807, 2.05) is 0 Å². The maximum Gasteiger partial charge on any atom is 0.255 e. The summed E-state index contributed by atoms with van der Waals surface area (Å²) < 4.78 is 30.7. The van der Waals surface area contributed by atoms with Crippen LogP contribution in [-0.4, -0.2) is 58.1 Å². The van der Waals surface area contributed by atoms with Gasteiger partial charge in [-0.3, -0.25) is 13.9 Å². The van der Waals surface area contributed by atoms with Crippen molar-refractivity contribution < 1.29 is 22.7 Å². The molecule has 0 aromatic heterocycles. The van der Waals surface area contributed by atoms with Gasteiger partial charge in [0.05, 0.1) is 30.3 Å². The maximum atomic E-state index is 12.9. The van der Waals surface area contributed by atoms with Crippen molar-refractivity contribution in [3.8, 4) is 5.75 Å². The van der Waals surface area contributed by atoms with Gasteiger partial charge in [-0.05, 0) is 55.7 Å². The molecule has 1 N–H and O–H groups in total. The normalized spacial score (nSPS) is 14.1. The molecule has 0 saturated carbocycles. The van der Waals surface area contributed by atoms with Gasteiger partial charge in [0.15, 0.2) is 0 Å². The molecule has 2 aromatic carbocycles. The molecule has 8 nitrogen and oxygen atoms in total. The Kier molecular flexibility index (Phi) is 7.17. The van der Waals surface area contributed by atoms with Gasteiger partial charge < -0.3 is 15.0 Å². The van der Waals surface area contributed by atoms with Crippen molar-refractivity contribution in [3.05, 3.63) is 54.1 Å². The lowest BCUT2D eigenvalue weighted by atomic mass is 10.1. The molecular weight excluding hydrogens is 418 g/mol. The van der Waals surface area contributed by atoms with E-state index >= 15 is 0 Å². The minimum absolute atomic E-state index is 0.134. The summed E-state index contributed by atoms with van der Waals surface area (Å²) in [7, 11) is -2.20. The predicted molar refractivity (Wildman–Crippen MR) is 120 cm³/mol. The van der Waals surface area contributed by atoms with Gasteiger partial charge in [-0.2, -0.15) is 0 Å². The van der Waals surface area contributed by atoms with Crippen LogP contribution in [0.4, 0.5) is 11.4 Å². The van der Waals surface area contributed by atoms with Crippen LogP contribution in [0.5, 0.6) is 5.75 Å². The molecular formula is C22H27N3O5S. The molecule has 1 aliphatic heterocycles. The van der Waals surface area contributed by atoms with Crippen molar-refractivity contribution in [2.24, 2.45) is 0 Å². The molecule has 2 aromatic rings. The van der Waals surface area contributed by atoms with Gasteiger partial charge in [0.2, 0.25) is 15.9 Å². The molecule has 0 aliphatic carbocycles. The Morgan fingerprint density at radius 2 is 1.68 bits per heavy atom. The van der Waals surface area contributed by atoms with Crippen molar-refractivity contribution in [3.63, 3.8) is 0 Å². The molecule has 0 bridgehead atoms. The molecule has 1 aliphatic rings. The molecule has 1 heterocycles. The lowest BCUT2D eigenvalue weighted by Crippen LogP contribution is -2.38. The number of hydrogen-bond acceptors (Lipinski definition) is 5. The zero-order valence-corrected chi connectivity index (χ0v) is 18.5. The number of hydrogen-bond donors (Lipinski definition) is 1. The summed E-state index contributed by atoms with van der Waals surface area (Å²) in [6, 6.07) is 13.2. The van der Waals surface area contributed by atoms with Gasteiger partial charge in [0, 0.05) is 13.1 Å². The Balaban J connectivity index is 1.77. The van der Waals surface area contributed by atoms with Crippen molar-refractivity contribution in [2.75, 3.05) is 42.6 Å². The largest absolute Gasteiger partial charge is 0.497 e. The van der Waals surface area contributed by atoms with Gasteiger partial charge in [0.1, 0.15) is 12.3 Å². The molecule has 0 spiro atoms. The highest BCUT2D eigenvalue weighted by molar-refractivity contribution is 7.92. The highest BCUT2D eigenvalue weighted by atomic mass is 32.2. The van der Waals surface area contributed by atoms with Crippen molar-refractivity contribution >= 4 is 33.2 Å². The van der Waals surface area contributed by atoms with Gasteiger partial charge >= 0.3 is 0 Å². The number of para-hydroxylation sites is 1. The predicted octanol–water partition coefficient (Wildman–Crippen LogP) is 2.73. The Bertz CT molecular complexity index is 1030. The van der Waals surface area contributed by atoms with E-state index in [0.717, 1.165) is 29.8 Å². The Hall–Kier alpha value is -3.07. The molecule has 0 radical (unpaired) electrons. The quantitative estimate of drug-likeness (QED) is 0.707. The minimum Gasteiger partial charge on any atom is -0.497 e. The van der Waals surface area contributed by atoms with E-state index in [0.29, 0.717) is 35.8 Å². The molecule has 2 amide bonds. The van der Waals surface area contributed by atoms with Crippen LogP contribution in [0.2, 0.25) is 0 Å². The van der Waals surface area contributed by atoms with Crippen LogP contribution < -0.4 is 14.4 Å². The summed E-state index contributed by atoms with van der Waals surface area (Å²) >= 11 is 0. The Labute approximate surface area is 182 Å². The number of amides is 2. The monoisotopic (exact) mass is 445 g/mol. The molecule has 3 rings (SSSR count). The van der Waals surface area contributed by atoms with E-state index in [4.69, 9.17) is 4.74 Å². The Morgan fingerprint density at radius 3 is 2.29 bits per heavy atom. The summed E-state index contributed by atoms with van der Waals surface area (Å²) in [6.45, 7) is 0.971. The third-order valence-electron chi connectivity index (χ3n) is 5.12. The lowest BCUT2D eigenvalue weighted by Gasteiger charge is -2.27. The van der Waals surface area contributed by atoms with Crippen molar-refractivity contribution in [1.29, 1.82) is 0 Å². The number of sulfonamides is 1. The zero-order valence-electron chi connectivity index (χ0n) is 17.7. The molecule has 166 valence electrons. The van der Waals surface area contributed by atoms with Crippen LogP contribution in [0.15, 0.2) is 48.5 Å². The van der Waals surface area contributed by atoms with E-state index in [2.05, 4.69) is 5.32 Å². The van der Waals surface area contributed by atoms with E-state index in [1.54, 1.807) is 53.4 Å². The zero-order chi connectivity index (χ0) is 22.4. The average Bonchev–Trinajstić information content (AvgIpc) is 2.77. The average molecular weight is 446 g/mol. The standard InChI is InChI=1S/C22H27N3O5S/c1-30-18-12-10-17(11-13-18)25(31(2,28)29)16-21(26)23-20-9-5-4-8-19(20)22(27)24-14-6-3-7-15-24/h4-5,8-13H,3,6-7,14-16H2,1-2H3,(H,23,26). The number of ether oxygens (including phenoxy) is 1. The molecule has 31 heavy (non-hydrogen) atoms. The molecule has 1 saturated heterocycles. The maximum absolute atomic E-state index is 12.9. The smallest absolute Gasteiger partial charge is 0.255 e. The second kappa shape index (κ2) is 9.82. The summed E-state index contributed by atoms with van der Waals surface area (Å²) in [4.78, 5) is 27.5.